The molecule has 0 aliphatic carbocycles. The number of ether oxygens (including phenoxy) is 1. The Morgan fingerprint density at radius 3 is 2.80 bits per heavy atom. The van der Waals surface area contributed by atoms with Gasteiger partial charge in [-0.05, 0) is 35.0 Å². The van der Waals surface area contributed by atoms with Crippen LogP contribution in [0.1, 0.15) is 22.8 Å². The zero-order valence-corrected chi connectivity index (χ0v) is 14.7. The van der Waals surface area contributed by atoms with Crippen LogP contribution in [0.15, 0.2) is 46.0 Å². The molecule has 0 unspecified atom stereocenters. The van der Waals surface area contributed by atoms with Crippen LogP contribution in [0.3, 0.4) is 0 Å². The maximum absolute atomic E-state index is 12.0. The molecule has 0 saturated heterocycles. The quantitative estimate of drug-likeness (QED) is 0.433. The van der Waals surface area contributed by atoms with Gasteiger partial charge in [0.1, 0.15) is 0 Å². The number of carbonyl (C=O) groups excluding carboxylic acids is 1. The van der Waals surface area contributed by atoms with Crippen LogP contribution in [-0.4, -0.2) is 28.8 Å². The van der Waals surface area contributed by atoms with E-state index in [0.717, 1.165) is 18.3 Å². The van der Waals surface area contributed by atoms with Crippen molar-refractivity contribution in [1.82, 2.24) is 5.43 Å². The van der Waals surface area contributed by atoms with E-state index in [1.54, 1.807) is 31.2 Å². The summed E-state index contributed by atoms with van der Waals surface area (Å²) >= 11 is 3.25. The van der Waals surface area contributed by atoms with Gasteiger partial charge in [-0.1, -0.05) is 12.1 Å². The summed E-state index contributed by atoms with van der Waals surface area (Å²) in [5, 5.41) is 24.8. The predicted molar refractivity (Wildman–Crippen MR) is 95.1 cm³/mol. The average molecular weight is 408 g/mol. The minimum atomic E-state index is -0.612. The average Bonchev–Trinajstić information content (AvgIpc) is 2.58. The predicted octanol–water partition coefficient (Wildman–Crippen LogP) is 3.23. The Hall–Kier alpha value is -2.94. The summed E-state index contributed by atoms with van der Waals surface area (Å²) in [6.45, 7) is 1.91. The summed E-state index contributed by atoms with van der Waals surface area (Å²) in [4.78, 5) is 22.4. The van der Waals surface area contributed by atoms with Crippen LogP contribution in [0.5, 0.6) is 11.5 Å². The Bertz CT molecular complexity index is 839. The Morgan fingerprint density at radius 2 is 2.16 bits per heavy atom. The van der Waals surface area contributed by atoms with E-state index in [1.807, 2.05) is 0 Å². The molecule has 25 heavy (non-hydrogen) atoms. The molecule has 0 aliphatic rings. The largest absolute Gasteiger partial charge is 0.504 e. The lowest BCUT2D eigenvalue weighted by Gasteiger charge is -2.08. The van der Waals surface area contributed by atoms with Gasteiger partial charge in [0, 0.05) is 16.1 Å². The van der Waals surface area contributed by atoms with E-state index >= 15 is 0 Å². The van der Waals surface area contributed by atoms with Gasteiger partial charge in [0.15, 0.2) is 11.5 Å². The van der Waals surface area contributed by atoms with Crippen molar-refractivity contribution in [2.24, 2.45) is 5.10 Å². The third-order valence-electron chi connectivity index (χ3n) is 3.09. The Labute approximate surface area is 151 Å². The molecule has 1 amide bonds. The number of hydrogen-bond donors (Lipinski definition) is 2. The molecule has 9 heteroatoms. The number of phenolic OH excluding ortho intramolecular Hbond substituents is 1. The number of halogens is 1. The molecule has 0 spiro atoms. The van der Waals surface area contributed by atoms with E-state index in [2.05, 4.69) is 26.5 Å². The fourth-order valence-corrected chi connectivity index (χ4v) is 2.41. The summed E-state index contributed by atoms with van der Waals surface area (Å²) in [6.07, 6.45) is 1.11. The van der Waals surface area contributed by atoms with E-state index in [-0.39, 0.29) is 29.4 Å². The number of nitrogens with one attached hydrogen (secondary N) is 1. The molecule has 2 N–H and O–H groups in total. The highest BCUT2D eigenvalue weighted by Gasteiger charge is 2.16. The van der Waals surface area contributed by atoms with Crippen molar-refractivity contribution in [3.8, 4) is 11.5 Å². The molecule has 8 nitrogen and oxygen atoms in total. The lowest BCUT2D eigenvalue weighted by Crippen LogP contribution is -2.18. The van der Waals surface area contributed by atoms with Crippen molar-refractivity contribution in [2.75, 3.05) is 6.61 Å². The van der Waals surface area contributed by atoms with Gasteiger partial charge in [-0.25, -0.2) is 5.43 Å². The molecule has 0 atom stereocenters. The highest BCUT2D eigenvalue weighted by Crippen LogP contribution is 2.33. The third-order valence-corrected chi connectivity index (χ3v) is 3.78. The molecule has 0 aromatic heterocycles. The lowest BCUT2D eigenvalue weighted by atomic mass is 10.1. The van der Waals surface area contributed by atoms with Gasteiger partial charge in [0.05, 0.1) is 29.4 Å². The van der Waals surface area contributed by atoms with Crippen LogP contribution in [0.4, 0.5) is 5.69 Å². The summed E-state index contributed by atoms with van der Waals surface area (Å²) in [5.41, 5.74) is 2.45. The first-order chi connectivity index (χ1) is 11.9. The second-order valence-corrected chi connectivity index (χ2v) is 5.61. The number of hydrogen-bond acceptors (Lipinski definition) is 6. The number of amides is 1. The smallest absolute Gasteiger partial charge is 0.274 e. The number of hydrazone groups is 1. The molecule has 0 aliphatic heterocycles. The summed E-state index contributed by atoms with van der Waals surface area (Å²) in [7, 11) is 0. The minimum Gasteiger partial charge on any atom is -0.504 e. The molecule has 2 rings (SSSR count). The van der Waals surface area contributed by atoms with Gasteiger partial charge in [-0.2, -0.15) is 5.10 Å². The number of nitro groups is 1. The molecule has 0 saturated carbocycles. The SMILES string of the molecule is CCOc1cc([N+](=O)[O-])cc(/C=N/NC(=O)c2ccccc2Br)c1O. The van der Waals surface area contributed by atoms with Crippen LogP contribution in [-0.2, 0) is 0 Å². The summed E-state index contributed by atoms with van der Waals surface area (Å²) in [5.74, 6) is -0.805. The first kappa shape index (κ1) is 18.4. The van der Waals surface area contributed by atoms with Gasteiger partial charge in [0.2, 0.25) is 0 Å². The first-order valence-electron chi connectivity index (χ1n) is 7.16. The summed E-state index contributed by atoms with van der Waals surface area (Å²) < 4.78 is 5.77. The van der Waals surface area contributed by atoms with Crippen LogP contribution < -0.4 is 10.2 Å². The van der Waals surface area contributed by atoms with Gasteiger partial charge >= 0.3 is 0 Å². The molecule has 0 bridgehead atoms. The van der Waals surface area contributed by atoms with Gasteiger partial charge in [0.25, 0.3) is 11.6 Å². The highest BCUT2D eigenvalue weighted by molar-refractivity contribution is 9.10. The zero-order valence-electron chi connectivity index (χ0n) is 13.1. The van der Waals surface area contributed by atoms with E-state index in [1.165, 1.54) is 0 Å². The fraction of sp³-hybridized carbons (Fsp3) is 0.125. The second-order valence-electron chi connectivity index (χ2n) is 4.75. The molecule has 2 aromatic carbocycles. The Kier molecular flexibility index (Phi) is 6.07. The van der Waals surface area contributed by atoms with Gasteiger partial charge in [-0.3, -0.25) is 14.9 Å². The van der Waals surface area contributed by atoms with Crippen molar-refractivity contribution in [3.05, 3.63) is 62.1 Å². The van der Waals surface area contributed by atoms with E-state index < -0.39 is 10.8 Å². The van der Waals surface area contributed by atoms with Crippen LogP contribution >= 0.6 is 15.9 Å². The van der Waals surface area contributed by atoms with Crippen molar-refractivity contribution in [2.45, 2.75) is 6.92 Å². The van der Waals surface area contributed by atoms with Crippen LogP contribution in [0.25, 0.3) is 0 Å². The zero-order chi connectivity index (χ0) is 18.4. The fourth-order valence-electron chi connectivity index (χ4n) is 1.95. The van der Waals surface area contributed by atoms with Gasteiger partial charge in [-0.15, -0.1) is 0 Å². The molecule has 0 radical (unpaired) electrons. The molecular weight excluding hydrogens is 394 g/mol. The van der Waals surface area contributed by atoms with E-state index in [4.69, 9.17) is 4.74 Å². The van der Waals surface area contributed by atoms with Gasteiger partial charge < -0.3 is 9.84 Å². The van der Waals surface area contributed by atoms with E-state index in [9.17, 15) is 20.0 Å². The van der Waals surface area contributed by atoms with Crippen LogP contribution in [0, 0.1) is 10.1 Å². The Balaban J connectivity index is 2.24. The highest BCUT2D eigenvalue weighted by atomic mass is 79.9. The molecule has 0 fully saturated rings. The van der Waals surface area contributed by atoms with E-state index in [0.29, 0.717) is 10.0 Å². The Morgan fingerprint density at radius 1 is 1.44 bits per heavy atom. The summed E-state index contributed by atoms with van der Waals surface area (Å²) in [6, 6.07) is 9.03. The number of rotatable bonds is 6. The number of carbonyl (C=O) groups is 1. The van der Waals surface area contributed by atoms with Crippen LogP contribution in [0.2, 0.25) is 0 Å². The first-order valence-corrected chi connectivity index (χ1v) is 7.95. The maximum Gasteiger partial charge on any atom is 0.274 e. The van der Waals surface area contributed by atoms with Crippen molar-refractivity contribution < 1.29 is 19.6 Å². The van der Waals surface area contributed by atoms with Crippen molar-refractivity contribution in [3.63, 3.8) is 0 Å². The second kappa shape index (κ2) is 8.25. The topological polar surface area (TPSA) is 114 Å². The number of nitro benzene ring substituents is 1. The maximum atomic E-state index is 12.0. The van der Waals surface area contributed by atoms with Crippen molar-refractivity contribution >= 4 is 33.7 Å². The molecule has 130 valence electrons. The third kappa shape index (κ3) is 4.54. The number of aromatic hydroxyl groups is 1. The molecule has 2 aromatic rings. The normalized spacial score (nSPS) is 10.6. The van der Waals surface area contributed by atoms with Crippen molar-refractivity contribution in [1.29, 1.82) is 0 Å². The minimum absolute atomic E-state index is 0.0321. The number of non-ortho nitro benzene ring substituents is 1. The number of phenols is 1. The number of benzene rings is 2. The lowest BCUT2D eigenvalue weighted by molar-refractivity contribution is -0.385. The standard InChI is InChI=1S/C16H14BrN3O5/c1-2-25-14-8-11(20(23)24)7-10(15(14)21)9-18-19-16(22)12-5-3-4-6-13(12)17/h3-9,21H,2H2,1H3,(H,19,22)/b18-9+. The number of nitrogens with zero attached hydrogens (tertiary/aromatic N) is 2. The molecular formula is C16H14BrN3O5. The monoisotopic (exact) mass is 407 g/mol. The molecule has 0 heterocycles.